The Morgan fingerprint density at radius 1 is 1.22 bits per heavy atom. The van der Waals surface area contributed by atoms with Gasteiger partial charge in [0.15, 0.2) is 5.13 Å². The van der Waals surface area contributed by atoms with Crippen LogP contribution >= 0.6 is 27.3 Å². The molecule has 0 atom stereocenters. The molecule has 0 bridgehead atoms. The molecule has 0 amide bonds. The number of rotatable bonds is 2. The number of hydrogen-bond acceptors (Lipinski definition) is 4. The molecule has 0 aliphatic carbocycles. The molecular weight excluding hydrogens is 310 g/mol. The monoisotopic (exact) mass is 321 g/mol. The van der Waals surface area contributed by atoms with E-state index in [0.717, 1.165) is 46.1 Å². The Bertz CT molecular complexity index is 574. The lowest BCUT2D eigenvalue weighted by molar-refractivity contribution is 0.951. The number of aromatic nitrogens is 1. The van der Waals surface area contributed by atoms with Crippen molar-refractivity contribution in [2.24, 2.45) is 4.99 Å². The molecule has 5 heteroatoms. The fourth-order valence-electron chi connectivity index (χ4n) is 1.85. The van der Waals surface area contributed by atoms with Crippen molar-refractivity contribution in [2.45, 2.75) is 12.8 Å². The van der Waals surface area contributed by atoms with E-state index in [1.807, 2.05) is 12.1 Å². The molecule has 3 rings (SSSR count). The Morgan fingerprint density at radius 2 is 2.06 bits per heavy atom. The SMILES string of the molecule is Brc1ccc(-c2csc(NC3=NCCC3)n2)cc1. The summed E-state index contributed by atoms with van der Waals surface area (Å²) in [4.78, 5) is 8.98. The predicted octanol–water partition coefficient (Wildman–Crippen LogP) is 4.18. The van der Waals surface area contributed by atoms with E-state index in [9.17, 15) is 0 Å². The number of hydrogen-bond donors (Lipinski definition) is 1. The van der Waals surface area contributed by atoms with Gasteiger partial charge in [-0.3, -0.25) is 4.99 Å². The Morgan fingerprint density at radius 3 is 2.78 bits per heavy atom. The van der Waals surface area contributed by atoms with Crippen LogP contribution in [0, 0.1) is 0 Å². The number of nitrogens with zero attached hydrogens (tertiary/aromatic N) is 2. The van der Waals surface area contributed by atoms with E-state index in [1.54, 1.807) is 11.3 Å². The van der Waals surface area contributed by atoms with Crippen LogP contribution in [0.4, 0.5) is 5.13 Å². The molecular formula is C13H12BrN3S. The largest absolute Gasteiger partial charge is 0.320 e. The maximum absolute atomic E-state index is 4.58. The van der Waals surface area contributed by atoms with Gasteiger partial charge in [0.1, 0.15) is 5.84 Å². The van der Waals surface area contributed by atoms with E-state index in [-0.39, 0.29) is 0 Å². The summed E-state index contributed by atoms with van der Waals surface area (Å²) < 4.78 is 1.08. The number of nitrogens with one attached hydrogen (secondary N) is 1. The average molecular weight is 322 g/mol. The first-order valence-corrected chi connectivity index (χ1v) is 7.50. The first kappa shape index (κ1) is 11.9. The number of thiazole rings is 1. The Hall–Kier alpha value is -1.20. The molecule has 0 spiro atoms. The molecule has 2 heterocycles. The maximum atomic E-state index is 4.58. The Labute approximate surface area is 118 Å². The molecule has 0 saturated heterocycles. The second kappa shape index (κ2) is 5.20. The summed E-state index contributed by atoms with van der Waals surface area (Å²) in [5, 5.41) is 6.29. The van der Waals surface area contributed by atoms with Crippen LogP contribution in [0.15, 0.2) is 39.1 Å². The van der Waals surface area contributed by atoms with Crippen molar-refractivity contribution >= 4 is 38.2 Å². The molecule has 1 aromatic heterocycles. The molecule has 0 unspecified atom stereocenters. The minimum Gasteiger partial charge on any atom is -0.320 e. The van der Waals surface area contributed by atoms with Gasteiger partial charge in [-0.05, 0) is 18.6 Å². The van der Waals surface area contributed by atoms with E-state index in [1.165, 1.54) is 0 Å². The lowest BCUT2D eigenvalue weighted by Gasteiger charge is -2.00. The molecule has 92 valence electrons. The molecule has 1 aliphatic rings. The fraction of sp³-hybridized carbons (Fsp3) is 0.231. The normalized spacial score (nSPS) is 14.6. The molecule has 0 radical (unpaired) electrons. The Balaban J connectivity index is 1.78. The van der Waals surface area contributed by atoms with E-state index < -0.39 is 0 Å². The third-order valence-electron chi connectivity index (χ3n) is 2.77. The quantitative estimate of drug-likeness (QED) is 0.901. The van der Waals surface area contributed by atoms with Crippen molar-refractivity contribution in [3.05, 3.63) is 34.1 Å². The highest BCUT2D eigenvalue weighted by Gasteiger charge is 2.09. The second-order valence-electron chi connectivity index (χ2n) is 4.10. The van der Waals surface area contributed by atoms with Crippen molar-refractivity contribution in [1.29, 1.82) is 0 Å². The van der Waals surface area contributed by atoms with Gasteiger partial charge in [-0.2, -0.15) is 0 Å². The van der Waals surface area contributed by atoms with E-state index in [4.69, 9.17) is 0 Å². The summed E-state index contributed by atoms with van der Waals surface area (Å²) in [6, 6.07) is 8.19. The van der Waals surface area contributed by atoms with Crippen LogP contribution in [0.5, 0.6) is 0 Å². The average Bonchev–Trinajstić information content (AvgIpc) is 3.02. The van der Waals surface area contributed by atoms with Gasteiger partial charge in [-0.25, -0.2) is 4.98 Å². The molecule has 1 aliphatic heterocycles. The summed E-state index contributed by atoms with van der Waals surface area (Å²) in [6.45, 7) is 0.938. The first-order chi connectivity index (χ1) is 8.81. The smallest absolute Gasteiger partial charge is 0.188 e. The summed E-state index contributed by atoms with van der Waals surface area (Å²) in [6.07, 6.45) is 2.18. The van der Waals surface area contributed by atoms with Crippen molar-refractivity contribution < 1.29 is 0 Å². The highest BCUT2D eigenvalue weighted by molar-refractivity contribution is 9.10. The van der Waals surface area contributed by atoms with Crippen LogP contribution in [-0.4, -0.2) is 17.4 Å². The standard InChI is InChI=1S/C13H12BrN3S/c14-10-5-3-9(4-6-10)11-8-18-13(16-11)17-12-2-1-7-15-12/h3-6,8H,1-2,7H2,(H,15,16,17). The number of aliphatic imine (C=N–C) groups is 1. The summed E-state index contributed by atoms with van der Waals surface area (Å²) in [5.41, 5.74) is 2.14. The molecule has 1 aromatic carbocycles. The highest BCUT2D eigenvalue weighted by Crippen LogP contribution is 2.26. The van der Waals surface area contributed by atoms with Gasteiger partial charge in [-0.15, -0.1) is 11.3 Å². The van der Waals surface area contributed by atoms with Crippen LogP contribution in [0.2, 0.25) is 0 Å². The molecule has 3 nitrogen and oxygen atoms in total. The van der Waals surface area contributed by atoms with Crippen LogP contribution in [-0.2, 0) is 0 Å². The van der Waals surface area contributed by atoms with E-state index >= 15 is 0 Å². The van der Waals surface area contributed by atoms with Crippen molar-refractivity contribution in [2.75, 3.05) is 11.9 Å². The number of halogens is 1. The van der Waals surface area contributed by atoms with E-state index in [2.05, 4.69) is 48.7 Å². The number of anilines is 1. The third kappa shape index (κ3) is 2.62. The minimum atomic E-state index is 0.925. The van der Waals surface area contributed by atoms with Gasteiger partial charge in [0.25, 0.3) is 0 Å². The van der Waals surface area contributed by atoms with Gasteiger partial charge >= 0.3 is 0 Å². The predicted molar refractivity (Wildman–Crippen MR) is 80.4 cm³/mol. The molecule has 0 saturated carbocycles. The van der Waals surface area contributed by atoms with Crippen molar-refractivity contribution in [3.63, 3.8) is 0 Å². The number of benzene rings is 1. The second-order valence-corrected chi connectivity index (χ2v) is 5.88. The van der Waals surface area contributed by atoms with Crippen molar-refractivity contribution in [3.8, 4) is 11.3 Å². The minimum absolute atomic E-state index is 0.925. The highest BCUT2D eigenvalue weighted by atomic mass is 79.9. The first-order valence-electron chi connectivity index (χ1n) is 5.83. The zero-order chi connectivity index (χ0) is 12.4. The summed E-state index contributed by atoms with van der Waals surface area (Å²) >= 11 is 5.06. The zero-order valence-electron chi connectivity index (χ0n) is 9.69. The maximum Gasteiger partial charge on any atom is 0.188 e. The van der Waals surface area contributed by atoms with Gasteiger partial charge in [0.05, 0.1) is 5.69 Å². The number of amidine groups is 1. The molecule has 18 heavy (non-hydrogen) atoms. The third-order valence-corrected chi connectivity index (χ3v) is 4.06. The van der Waals surface area contributed by atoms with Crippen LogP contribution in [0.25, 0.3) is 11.3 Å². The van der Waals surface area contributed by atoms with Crippen LogP contribution in [0.1, 0.15) is 12.8 Å². The van der Waals surface area contributed by atoms with Gasteiger partial charge in [-0.1, -0.05) is 28.1 Å². The summed E-state index contributed by atoms with van der Waals surface area (Å²) in [7, 11) is 0. The van der Waals surface area contributed by atoms with Crippen LogP contribution in [0.3, 0.4) is 0 Å². The van der Waals surface area contributed by atoms with Gasteiger partial charge in [0, 0.05) is 28.4 Å². The topological polar surface area (TPSA) is 37.3 Å². The lowest BCUT2D eigenvalue weighted by Crippen LogP contribution is -2.07. The molecule has 1 N–H and O–H groups in total. The fourth-order valence-corrected chi connectivity index (χ4v) is 2.85. The van der Waals surface area contributed by atoms with Crippen molar-refractivity contribution in [1.82, 2.24) is 4.98 Å². The zero-order valence-corrected chi connectivity index (χ0v) is 12.1. The molecule has 2 aromatic rings. The lowest BCUT2D eigenvalue weighted by atomic mass is 10.2. The van der Waals surface area contributed by atoms with Gasteiger partial charge < -0.3 is 5.32 Å². The van der Waals surface area contributed by atoms with Gasteiger partial charge in [0.2, 0.25) is 0 Å². The van der Waals surface area contributed by atoms with E-state index in [0.29, 0.717) is 0 Å². The Kier molecular flexibility index (Phi) is 3.43. The van der Waals surface area contributed by atoms with Crippen LogP contribution < -0.4 is 5.32 Å². The molecule has 0 fully saturated rings. The summed E-state index contributed by atoms with van der Waals surface area (Å²) in [5.74, 6) is 1.06.